The zero-order valence-electron chi connectivity index (χ0n) is 12.4. The van der Waals surface area contributed by atoms with E-state index in [1.54, 1.807) is 6.20 Å². The second-order valence-corrected chi connectivity index (χ2v) is 6.27. The fourth-order valence-corrected chi connectivity index (χ4v) is 3.43. The highest BCUT2D eigenvalue weighted by Gasteiger charge is 2.30. The van der Waals surface area contributed by atoms with Gasteiger partial charge in [0.2, 0.25) is 0 Å². The Morgan fingerprint density at radius 3 is 2.65 bits per heavy atom. The van der Waals surface area contributed by atoms with E-state index in [0.717, 1.165) is 28.9 Å². The Hall–Kier alpha value is -2.39. The molecular formula is C19H15ClN2O. The van der Waals surface area contributed by atoms with Crippen LogP contribution in [0.15, 0.2) is 60.8 Å². The number of para-hydroxylation sites is 1. The molecule has 1 heterocycles. The molecular weight excluding hydrogens is 308 g/mol. The molecule has 4 rings (SSSR count). The maximum atomic E-state index is 12.5. The summed E-state index contributed by atoms with van der Waals surface area (Å²) in [5.41, 5.74) is 3.81. The van der Waals surface area contributed by atoms with Gasteiger partial charge in [-0.05, 0) is 42.2 Å². The highest BCUT2D eigenvalue weighted by Crippen LogP contribution is 2.34. The van der Waals surface area contributed by atoms with E-state index in [4.69, 9.17) is 11.6 Å². The van der Waals surface area contributed by atoms with E-state index in [1.807, 2.05) is 59.3 Å². The van der Waals surface area contributed by atoms with E-state index in [9.17, 15) is 4.79 Å². The van der Waals surface area contributed by atoms with Gasteiger partial charge in [0.1, 0.15) is 0 Å². The van der Waals surface area contributed by atoms with Crippen LogP contribution in [0.3, 0.4) is 0 Å². The predicted octanol–water partition coefficient (Wildman–Crippen LogP) is 4.44. The average molecular weight is 323 g/mol. The SMILES string of the molecule is O=C1CC(c2cccc(Cl)c2)Cc2c1cnn2-c1ccccc1. The van der Waals surface area contributed by atoms with Gasteiger partial charge < -0.3 is 0 Å². The number of fused-ring (bicyclic) bond motifs is 1. The molecule has 0 saturated carbocycles. The van der Waals surface area contributed by atoms with Crippen molar-refractivity contribution in [2.75, 3.05) is 0 Å². The molecule has 1 aromatic heterocycles. The van der Waals surface area contributed by atoms with Crippen molar-refractivity contribution >= 4 is 17.4 Å². The van der Waals surface area contributed by atoms with Crippen LogP contribution in [-0.4, -0.2) is 15.6 Å². The summed E-state index contributed by atoms with van der Waals surface area (Å²) in [6.07, 6.45) is 2.99. The number of halogens is 1. The summed E-state index contributed by atoms with van der Waals surface area (Å²) >= 11 is 6.10. The molecule has 1 unspecified atom stereocenters. The van der Waals surface area contributed by atoms with Crippen LogP contribution in [0.4, 0.5) is 0 Å². The van der Waals surface area contributed by atoms with Gasteiger partial charge in [-0.15, -0.1) is 0 Å². The maximum Gasteiger partial charge on any atom is 0.166 e. The summed E-state index contributed by atoms with van der Waals surface area (Å²) in [5.74, 6) is 0.297. The van der Waals surface area contributed by atoms with Crippen molar-refractivity contribution in [1.29, 1.82) is 0 Å². The first kappa shape index (κ1) is 14.2. The third kappa shape index (κ3) is 2.57. The van der Waals surface area contributed by atoms with Gasteiger partial charge in [0.15, 0.2) is 5.78 Å². The van der Waals surface area contributed by atoms with Crippen LogP contribution in [0.1, 0.15) is 34.0 Å². The third-order valence-corrected chi connectivity index (χ3v) is 4.60. The molecule has 4 heteroatoms. The van der Waals surface area contributed by atoms with Crippen molar-refractivity contribution in [2.24, 2.45) is 0 Å². The highest BCUT2D eigenvalue weighted by molar-refractivity contribution is 6.30. The van der Waals surface area contributed by atoms with Crippen LogP contribution in [0.5, 0.6) is 0 Å². The van der Waals surface area contributed by atoms with E-state index < -0.39 is 0 Å². The number of ketones is 1. The number of carbonyl (C=O) groups excluding carboxylic acids is 1. The van der Waals surface area contributed by atoms with E-state index in [-0.39, 0.29) is 11.7 Å². The average Bonchev–Trinajstić information content (AvgIpc) is 3.00. The van der Waals surface area contributed by atoms with E-state index in [2.05, 4.69) is 5.10 Å². The molecule has 0 aliphatic heterocycles. The molecule has 3 aromatic rings. The zero-order chi connectivity index (χ0) is 15.8. The van der Waals surface area contributed by atoms with E-state index in [1.165, 1.54) is 0 Å². The first-order valence-corrected chi connectivity index (χ1v) is 8.01. The van der Waals surface area contributed by atoms with Gasteiger partial charge in [0.25, 0.3) is 0 Å². The minimum Gasteiger partial charge on any atom is -0.294 e. The van der Waals surface area contributed by atoms with Crippen molar-refractivity contribution < 1.29 is 4.79 Å². The standard InChI is InChI=1S/C19H15ClN2O/c20-15-6-4-5-13(9-15)14-10-18-17(19(23)11-14)12-21-22(18)16-7-2-1-3-8-16/h1-9,12,14H,10-11H2. The second kappa shape index (κ2) is 5.67. The van der Waals surface area contributed by atoms with Gasteiger partial charge in [-0.1, -0.05) is 41.9 Å². The number of hydrogen-bond donors (Lipinski definition) is 0. The molecule has 0 fully saturated rings. The summed E-state index contributed by atoms with van der Waals surface area (Å²) < 4.78 is 1.88. The zero-order valence-corrected chi connectivity index (χ0v) is 13.2. The molecule has 0 N–H and O–H groups in total. The summed E-state index contributed by atoms with van der Waals surface area (Å²) in [5, 5.41) is 5.14. The summed E-state index contributed by atoms with van der Waals surface area (Å²) in [6.45, 7) is 0. The largest absolute Gasteiger partial charge is 0.294 e. The van der Waals surface area contributed by atoms with Gasteiger partial charge in [-0.25, -0.2) is 4.68 Å². The number of benzene rings is 2. The van der Waals surface area contributed by atoms with Crippen LogP contribution in [0, 0.1) is 0 Å². The molecule has 2 aromatic carbocycles. The Morgan fingerprint density at radius 2 is 1.87 bits per heavy atom. The Labute approximate surface area is 139 Å². The quantitative estimate of drug-likeness (QED) is 0.699. The fourth-order valence-electron chi connectivity index (χ4n) is 3.23. The number of hydrogen-bond acceptors (Lipinski definition) is 2. The maximum absolute atomic E-state index is 12.5. The first-order valence-electron chi connectivity index (χ1n) is 7.63. The predicted molar refractivity (Wildman–Crippen MR) is 90.4 cm³/mol. The second-order valence-electron chi connectivity index (χ2n) is 5.84. The first-order chi connectivity index (χ1) is 11.2. The molecule has 0 spiro atoms. The minimum absolute atomic E-state index is 0.146. The molecule has 0 radical (unpaired) electrons. The number of carbonyl (C=O) groups is 1. The topological polar surface area (TPSA) is 34.9 Å². The summed E-state index contributed by atoms with van der Waals surface area (Å²) in [7, 11) is 0. The Bertz CT molecular complexity index is 870. The smallest absolute Gasteiger partial charge is 0.166 e. The number of nitrogens with zero attached hydrogens (tertiary/aromatic N) is 2. The molecule has 0 bridgehead atoms. The van der Waals surface area contributed by atoms with Gasteiger partial charge in [0.05, 0.1) is 23.1 Å². The van der Waals surface area contributed by atoms with E-state index in [0.29, 0.717) is 11.4 Å². The van der Waals surface area contributed by atoms with Crippen molar-refractivity contribution in [3.8, 4) is 5.69 Å². The molecule has 23 heavy (non-hydrogen) atoms. The molecule has 3 nitrogen and oxygen atoms in total. The van der Waals surface area contributed by atoms with Crippen molar-refractivity contribution in [2.45, 2.75) is 18.8 Å². The summed E-state index contributed by atoms with van der Waals surface area (Å²) in [6, 6.07) is 17.7. The Balaban J connectivity index is 1.76. The lowest BCUT2D eigenvalue weighted by Gasteiger charge is -2.23. The Morgan fingerprint density at radius 1 is 1.04 bits per heavy atom. The van der Waals surface area contributed by atoms with Crippen molar-refractivity contribution in [1.82, 2.24) is 9.78 Å². The lowest BCUT2D eigenvalue weighted by Crippen LogP contribution is -2.20. The van der Waals surface area contributed by atoms with Crippen LogP contribution in [0.25, 0.3) is 5.69 Å². The normalized spacial score (nSPS) is 17.1. The number of aromatic nitrogens is 2. The molecule has 1 atom stereocenters. The monoisotopic (exact) mass is 322 g/mol. The van der Waals surface area contributed by atoms with Crippen LogP contribution < -0.4 is 0 Å². The lowest BCUT2D eigenvalue weighted by atomic mass is 9.82. The van der Waals surface area contributed by atoms with Crippen LogP contribution >= 0.6 is 11.6 Å². The van der Waals surface area contributed by atoms with Crippen LogP contribution in [-0.2, 0) is 6.42 Å². The highest BCUT2D eigenvalue weighted by atomic mass is 35.5. The third-order valence-electron chi connectivity index (χ3n) is 4.36. The summed E-state index contributed by atoms with van der Waals surface area (Å²) in [4.78, 5) is 12.5. The fraction of sp³-hybridized carbons (Fsp3) is 0.158. The lowest BCUT2D eigenvalue weighted by molar-refractivity contribution is 0.0964. The number of rotatable bonds is 2. The molecule has 1 aliphatic carbocycles. The van der Waals surface area contributed by atoms with Gasteiger partial charge in [0, 0.05) is 11.4 Å². The van der Waals surface area contributed by atoms with Gasteiger partial charge in [-0.3, -0.25) is 4.79 Å². The van der Waals surface area contributed by atoms with Gasteiger partial charge >= 0.3 is 0 Å². The Kier molecular flexibility index (Phi) is 3.50. The number of Topliss-reactive ketones (excluding diaryl/α,β-unsaturated/α-hetero) is 1. The van der Waals surface area contributed by atoms with Crippen molar-refractivity contribution in [3.05, 3.63) is 82.6 Å². The molecule has 114 valence electrons. The molecule has 0 amide bonds. The molecule has 1 aliphatic rings. The van der Waals surface area contributed by atoms with Gasteiger partial charge in [-0.2, -0.15) is 5.10 Å². The minimum atomic E-state index is 0.146. The molecule has 0 saturated heterocycles. The van der Waals surface area contributed by atoms with Crippen LogP contribution in [0.2, 0.25) is 5.02 Å². The van der Waals surface area contributed by atoms with Crippen molar-refractivity contribution in [3.63, 3.8) is 0 Å². The van der Waals surface area contributed by atoms with E-state index >= 15 is 0 Å².